The highest BCUT2D eigenvalue weighted by molar-refractivity contribution is 5.11. The largest absolute Gasteiger partial charge is 0.272 e. The van der Waals surface area contributed by atoms with Crippen molar-refractivity contribution in [3.05, 3.63) is 17.5 Å². The molecule has 0 N–H and O–H groups in total. The van der Waals surface area contributed by atoms with Crippen LogP contribution in [0, 0.1) is 6.92 Å². The molecule has 1 rings (SSSR count). The first kappa shape index (κ1) is 11.2. The quantitative estimate of drug-likeness (QED) is 0.630. The second kappa shape index (κ2) is 4.96. The summed E-state index contributed by atoms with van der Waals surface area (Å²) in [6, 6.07) is 2.13. The van der Waals surface area contributed by atoms with Crippen molar-refractivity contribution in [2.45, 2.75) is 40.5 Å². The highest BCUT2D eigenvalue weighted by atomic mass is 15.3. The molecule has 0 aliphatic rings. The first-order chi connectivity index (χ1) is 5.61. The Morgan fingerprint density at radius 1 is 1.33 bits per heavy atom. The van der Waals surface area contributed by atoms with Crippen LogP contribution in [-0.2, 0) is 7.05 Å². The van der Waals surface area contributed by atoms with E-state index in [1.54, 1.807) is 0 Å². The van der Waals surface area contributed by atoms with Crippen molar-refractivity contribution >= 4 is 0 Å². The fourth-order valence-corrected chi connectivity index (χ4v) is 1.17. The minimum Gasteiger partial charge on any atom is -0.272 e. The zero-order valence-corrected chi connectivity index (χ0v) is 9.05. The summed E-state index contributed by atoms with van der Waals surface area (Å²) in [5.41, 5.74) is 2.41. The zero-order chi connectivity index (χ0) is 9.72. The van der Waals surface area contributed by atoms with Crippen LogP contribution in [-0.4, -0.2) is 9.78 Å². The fourth-order valence-electron chi connectivity index (χ4n) is 1.17. The molecule has 0 spiro atoms. The predicted molar refractivity (Wildman–Crippen MR) is 53.4 cm³/mol. The SMILES string of the molecule is CC.Cc1cc(C(C)C)n(C)n1. The molecule has 0 saturated heterocycles. The lowest BCUT2D eigenvalue weighted by molar-refractivity contribution is 0.665. The summed E-state index contributed by atoms with van der Waals surface area (Å²) in [5.74, 6) is 0.575. The summed E-state index contributed by atoms with van der Waals surface area (Å²) < 4.78 is 1.94. The monoisotopic (exact) mass is 168 g/mol. The van der Waals surface area contributed by atoms with Crippen LogP contribution in [0.3, 0.4) is 0 Å². The van der Waals surface area contributed by atoms with Gasteiger partial charge in [-0.1, -0.05) is 27.7 Å². The Kier molecular flexibility index (Phi) is 4.64. The Morgan fingerprint density at radius 2 is 1.83 bits per heavy atom. The molecule has 0 unspecified atom stereocenters. The van der Waals surface area contributed by atoms with Gasteiger partial charge in [-0.2, -0.15) is 5.10 Å². The topological polar surface area (TPSA) is 17.8 Å². The normalized spacial score (nSPS) is 9.58. The lowest BCUT2D eigenvalue weighted by atomic mass is 10.1. The van der Waals surface area contributed by atoms with E-state index in [1.807, 2.05) is 32.5 Å². The van der Waals surface area contributed by atoms with E-state index in [9.17, 15) is 0 Å². The molecule has 0 radical (unpaired) electrons. The van der Waals surface area contributed by atoms with E-state index in [-0.39, 0.29) is 0 Å². The van der Waals surface area contributed by atoms with Crippen LogP contribution in [0.5, 0.6) is 0 Å². The van der Waals surface area contributed by atoms with Gasteiger partial charge in [-0.3, -0.25) is 4.68 Å². The number of rotatable bonds is 1. The number of aryl methyl sites for hydroxylation is 2. The molecule has 12 heavy (non-hydrogen) atoms. The maximum atomic E-state index is 4.25. The highest BCUT2D eigenvalue weighted by Crippen LogP contribution is 2.13. The van der Waals surface area contributed by atoms with E-state index in [4.69, 9.17) is 0 Å². The number of aromatic nitrogens is 2. The predicted octanol–water partition coefficient (Wildman–Crippen LogP) is 2.88. The summed E-state index contributed by atoms with van der Waals surface area (Å²) in [5, 5.41) is 4.25. The third-order valence-corrected chi connectivity index (χ3v) is 1.63. The van der Waals surface area contributed by atoms with Gasteiger partial charge in [0.1, 0.15) is 0 Å². The summed E-state index contributed by atoms with van der Waals surface area (Å²) >= 11 is 0. The van der Waals surface area contributed by atoms with Gasteiger partial charge in [-0.15, -0.1) is 0 Å². The van der Waals surface area contributed by atoms with Gasteiger partial charge in [0.2, 0.25) is 0 Å². The van der Waals surface area contributed by atoms with E-state index in [2.05, 4.69) is 25.0 Å². The van der Waals surface area contributed by atoms with E-state index < -0.39 is 0 Å². The second-order valence-electron chi connectivity index (χ2n) is 2.99. The van der Waals surface area contributed by atoms with E-state index in [0.29, 0.717) is 5.92 Å². The molecule has 0 bridgehead atoms. The first-order valence-electron chi connectivity index (χ1n) is 4.62. The van der Waals surface area contributed by atoms with Crippen molar-refractivity contribution in [1.82, 2.24) is 9.78 Å². The van der Waals surface area contributed by atoms with Crippen molar-refractivity contribution in [2.75, 3.05) is 0 Å². The third-order valence-electron chi connectivity index (χ3n) is 1.63. The Labute approximate surface area is 75.6 Å². The maximum Gasteiger partial charge on any atom is 0.0596 e. The average Bonchev–Trinajstić information content (AvgIpc) is 2.34. The molecule has 0 aliphatic carbocycles. The third kappa shape index (κ3) is 2.68. The van der Waals surface area contributed by atoms with Gasteiger partial charge in [0.25, 0.3) is 0 Å². The van der Waals surface area contributed by atoms with Crippen molar-refractivity contribution in [2.24, 2.45) is 7.05 Å². The second-order valence-corrected chi connectivity index (χ2v) is 2.99. The molecule has 0 atom stereocenters. The first-order valence-corrected chi connectivity index (χ1v) is 4.62. The Morgan fingerprint density at radius 3 is 2.00 bits per heavy atom. The minimum absolute atomic E-state index is 0.575. The Hall–Kier alpha value is -0.790. The molecule has 2 nitrogen and oxygen atoms in total. The van der Waals surface area contributed by atoms with Crippen LogP contribution in [0.25, 0.3) is 0 Å². The van der Waals surface area contributed by atoms with Gasteiger partial charge in [-0.25, -0.2) is 0 Å². The van der Waals surface area contributed by atoms with Crippen LogP contribution in [0.2, 0.25) is 0 Å². The lowest BCUT2D eigenvalue weighted by Gasteiger charge is -2.02. The number of hydrogen-bond donors (Lipinski definition) is 0. The summed E-state index contributed by atoms with van der Waals surface area (Å²) in [7, 11) is 1.99. The number of nitrogens with zero attached hydrogens (tertiary/aromatic N) is 2. The molecule has 2 heteroatoms. The summed E-state index contributed by atoms with van der Waals surface area (Å²) in [6.45, 7) is 10.4. The van der Waals surface area contributed by atoms with E-state index in [0.717, 1.165) is 5.69 Å². The van der Waals surface area contributed by atoms with Gasteiger partial charge in [0.05, 0.1) is 5.69 Å². The van der Waals surface area contributed by atoms with Crippen molar-refractivity contribution in [3.8, 4) is 0 Å². The van der Waals surface area contributed by atoms with Crippen LogP contribution in [0.15, 0.2) is 6.07 Å². The summed E-state index contributed by atoms with van der Waals surface area (Å²) in [4.78, 5) is 0. The van der Waals surface area contributed by atoms with Crippen molar-refractivity contribution in [1.29, 1.82) is 0 Å². The molecule has 0 saturated carbocycles. The molecular weight excluding hydrogens is 148 g/mol. The lowest BCUT2D eigenvalue weighted by Crippen LogP contribution is -1.99. The highest BCUT2D eigenvalue weighted by Gasteiger charge is 2.04. The van der Waals surface area contributed by atoms with E-state index in [1.165, 1.54) is 5.69 Å². The Balaban J connectivity index is 0.000000561. The van der Waals surface area contributed by atoms with Gasteiger partial charge in [-0.05, 0) is 18.9 Å². The minimum atomic E-state index is 0.575. The number of hydrogen-bond acceptors (Lipinski definition) is 1. The molecule has 0 fully saturated rings. The van der Waals surface area contributed by atoms with E-state index >= 15 is 0 Å². The van der Waals surface area contributed by atoms with Gasteiger partial charge in [0, 0.05) is 12.7 Å². The molecule has 0 aromatic carbocycles. The van der Waals surface area contributed by atoms with Crippen LogP contribution < -0.4 is 0 Å². The maximum absolute atomic E-state index is 4.25. The smallest absolute Gasteiger partial charge is 0.0596 e. The van der Waals surface area contributed by atoms with Crippen LogP contribution in [0.4, 0.5) is 0 Å². The van der Waals surface area contributed by atoms with Gasteiger partial charge in [0.15, 0.2) is 0 Å². The molecule has 1 aromatic rings. The molecule has 70 valence electrons. The molecule has 0 amide bonds. The Bertz CT molecular complexity index is 224. The van der Waals surface area contributed by atoms with Gasteiger partial charge >= 0.3 is 0 Å². The standard InChI is InChI=1S/C8H14N2.C2H6/c1-6(2)8-5-7(3)9-10(8)4;1-2/h5-6H,1-4H3;1-2H3. The average molecular weight is 168 g/mol. The van der Waals surface area contributed by atoms with Crippen molar-refractivity contribution < 1.29 is 0 Å². The van der Waals surface area contributed by atoms with Crippen LogP contribution in [0.1, 0.15) is 45.0 Å². The van der Waals surface area contributed by atoms with Gasteiger partial charge < -0.3 is 0 Å². The zero-order valence-electron chi connectivity index (χ0n) is 9.05. The summed E-state index contributed by atoms with van der Waals surface area (Å²) in [6.07, 6.45) is 0. The van der Waals surface area contributed by atoms with Crippen molar-refractivity contribution in [3.63, 3.8) is 0 Å². The fraction of sp³-hybridized carbons (Fsp3) is 0.700. The van der Waals surface area contributed by atoms with Crippen LogP contribution >= 0.6 is 0 Å². The molecule has 0 aliphatic heterocycles. The molecule has 1 aromatic heterocycles. The molecular formula is C10H20N2. The molecule has 1 heterocycles.